The lowest BCUT2D eigenvalue weighted by Crippen LogP contribution is -2.42. The molecule has 2 atom stereocenters. The molecule has 4 nitrogen and oxygen atoms in total. The van der Waals surface area contributed by atoms with Crippen molar-refractivity contribution in [2.45, 2.75) is 45.6 Å². The Hall–Kier alpha value is -1.14. The molecule has 1 aliphatic rings. The largest absolute Gasteiger partial charge is 0.465 e. The average molecular weight is 326 g/mol. The maximum Gasteiger partial charge on any atom is 0.348 e. The molecule has 0 radical (unpaired) electrons. The molecule has 0 aromatic carbocycles. The van der Waals surface area contributed by atoms with Crippen molar-refractivity contribution in [3.05, 3.63) is 16.5 Å². The van der Waals surface area contributed by atoms with E-state index >= 15 is 0 Å². The molecule has 0 saturated heterocycles. The number of hydrogen-bond donors (Lipinski definition) is 2. The van der Waals surface area contributed by atoms with Crippen molar-refractivity contribution < 1.29 is 9.53 Å². The number of thiocarbonyl (C=S) groups is 1. The lowest BCUT2D eigenvalue weighted by molar-refractivity contribution is 0.0605. The van der Waals surface area contributed by atoms with Crippen LogP contribution in [0.5, 0.6) is 0 Å². The van der Waals surface area contributed by atoms with Gasteiger partial charge in [0.05, 0.1) is 12.1 Å². The van der Waals surface area contributed by atoms with Gasteiger partial charge in [0.2, 0.25) is 0 Å². The Bertz CT molecular complexity index is 528. The second-order valence-electron chi connectivity index (χ2n) is 5.58. The summed E-state index contributed by atoms with van der Waals surface area (Å²) in [6, 6.07) is 2.37. The Morgan fingerprint density at radius 2 is 2.14 bits per heavy atom. The summed E-state index contributed by atoms with van der Waals surface area (Å²) >= 11 is 6.75. The summed E-state index contributed by atoms with van der Waals surface area (Å²) in [6.07, 6.45) is 4.99. The van der Waals surface area contributed by atoms with Crippen LogP contribution in [0.4, 0.5) is 5.00 Å². The van der Waals surface area contributed by atoms with Crippen LogP contribution in [0.15, 0.2) is 6.07 Å². The highest BCUT2D eigenvalue weighted by atomic mass is 32.1. The number of nitrogens with one attached hydrogen (secondary N) is 2. The molecule has 1 fully saturated rings. The second kappa shape index (κ2) is 7.22. The summed E-state index contributed by atoms with van der Waals surface area (Å²) in [5.74, 6) is 0.347. The fourth-order valence-electron chi connectivity index (χ4n) is 2.69. The highest BCUT2D eigenvalue weighted by Crippen LogP contribution is 2.28. The number of carbonyl (C=O) groups excluding carboxylic acids is 1. The summed E-state index contributed by atoms with van der Waals surface area (Å²) < 4.78 is 4.77. The van der Waals surface area contributed by atoms with E-state index in [-0.39, 0.29) is 5.97 Å². The maximum atomic E-state index is 11.6. The molecular formula is C15H22N2O2S2. The number of aryl methyl sites for hydroxylation is 1. The summed E-state index contributed by atoms with van der Waals surface area (Å²) in [7, 11) is 1.39. The van der Waals surface area contributed by atoms with E-state index in [1.54, 1.807) is 0 Å². The number of thiophene rings is 1. The number of carbonyl (C=O) groups is 1. The minimum Gasteiger partial charge on any atom is -0.465 e. The van der Waals surface area contributed by atoms with Crippen molar-refractivity contribution in [3.8, 4) is 0 Å². The fourth-order valence-corrected chi connectivity index (χ4v) is 4.01. The monoisotopic (exact) mass is 326 g/mol. The molecule has 21 heavy (non-hydrogen) atoms. The molecule has 6 heteroatoms. The normalized spacial score (nSPS) is 21.7. The van der Waals surface area contributed by atoms with Gasteiger partial charge in [-0.2, -0.15) is 0 Å². The standard InChI is InChI=1S/C15H22N2O2S2/c1-9-6-4-5-7-11(9)16-15(20)17-12-8-10(2)13(21-12)14(18)19-3/h8-9,11H,4-7H2,1-3H3,(H2,16,17,20)/t9-,11+/m0/s1. The predicted molar refractivity (Wildman–Crippen MR) is 91.2 cm³/mol. The molecule has 1 aliphatic carbocycles. The van der Waals surface area contributed by atoms with Gasteiger partial charge < -0.3 is 15.4 Å². The molecule has 1 heterocycles. The van der Waals surface area contributed by atoms with Gasteiger partial charge in [-0.15, -0.1) is 11.3 Å². The first kappa shape index (κ1) is 16.2. The van der Waals surface area contributed by atoms with Crippen molar-refractivity contribution in [3.63, 3.8) is 0 Å². The smallest absolute Gasteiger partial charge is 0.348 e. The van der Waals surface area contributed by atoms with Gasteiger partial charge in [0, 0.05) is 6.04 Å². The van der Waals surface area contributed by atoms with Crippen LogP contribution in [-0.4, -0.2) is 24.2 Å². The summed E-state index contributed by atoms with van der Waals surface area (Å²) in [4.78, 5) is 12.2. The third-order valence-electron chi connectivity index (χ3n) is 3.95. The number of hydrogen-bond acceptors (Lipinski definition) is 4. The molecule has 0 aliphatic heterocycles. The van der Waals surface area contributed by atoms with Crippen molar-refractivity contribution >= 4 is 39.6 Å². The molecule has 2 rings (SSSR count). The summed E-state index contributed by atoms with van der Waals surface area (Å²) in [5, 5.41) is 8.08. The van der Waals surface area contributed by atoms with Gasteiger partial charge in [0.1, 0.15) is 4.88 Å². The van der Waals surface area contributed by atoms with E-state index < -0.39 is 0 Å². The molecular weight excluding hydrogens is 304 g/mol. The second-order valence-corrected chi connectivity index (χ2v) is 7.04. The van der Waals surface area contributed by atoms with E-state index in [4.69, 9.17) is 17.0 Å². The Morgan fingerprint density at radius 3 is 2.81 bits per heavy atom. The molecule has 1 saturated carbocycles. The zero-order valence-corrected chi connectivity index (χ0v) is 14.3. The van der Waals surface area contributed by atoms with Crippen LogP contribution in [0.25, 0.3) is 0 Å². The Kier molecular flexibility index (Phi) is 5.58. The molecule has 2 N–H and O–H groups in total. The zero-order valence-electron chi connectivity index (χ0n) is 12.7. The van der Waals surface area contributed by atoms with E-state index in [9.17, 15) is 4.79 Å². The van der Waals surface area contributed by atoms with Gasteiger partial charge in [-0.05, 0) is 49.5 Å². The van der Waals surface area contributed by atoms with Crippen molar-refractivity contribution in [1.29, 1.82) is 0 Å². The SMILES string of the molecule is COC(=O)c1sc(NC(=S)N[C@@H]2CCCC[C@@H]2C)cc1C. The van der Waals surface area contributed by atoms with Crippen LogP contribution < -0.4 is 10.6 Å². The predicted octanol–water partition coefficient (Wildman–Crippen LogP) is 3.71. The van der Waals surface area contributed by atoms with E-state index in [2.05, 4.69) is 17.6 Å². The van der Waals surface area contributed by atoms with Crippen molar-refractivity contribution in [2.75, 3.05) is 12.4 Å². The number of esters is 1. The first-order valence-corrected chi connectivity index (χ1v) is 8.50. The molecule has 0 unspecified atom stereocenters. The van der Waals surface area contributed by atoms with E-state index in [0.29, 0.717) is 21.9 Å². The van der Waals surface area contributed by atoms with Crippen LogP contribution in [0.1, 0.15) is 47.8 Å². The van der Waals surface area contributed by atoms with Gasteiger partial charge in [0.25, 0.3) is 0 Å². The Morgan fingerprint density at radius 1 is 1.43 bits per heavy atom. The highest BCUT2D eigenvalue weighted by molar-refractivity contribution is 7.80. The molecule has 0 bridgehead atoms. The average Bonchev–Trinajstić information content (AvgIpc) is 2.81. The lowest BCUT2D eigenvalue weighted by atomic mass is 9.86. The Labute approximate surface area is 135 Å². The van der Waals surface area contributed by atoms with Gasteiger partial charge >= 0.3 is 5.97 Å². The van der Waals surface area contributed by atoms with E-state index in [1.165, 1.54) is 44.1 Å². The molecule has 1 aromatic rings. The molecule has 0 amide bonds. The van der Waals surface area contributed by atoms with Crippen LogP contribution in [0, 0.1) is 12.8 Å². The molecule has 1 aromatic heterocycles. The minimum absolute atomic E-state index is 0.301. The fraction of sp³-hybridized carbons (Fsp3) is 0.600. The lowest BCUT2D eigenvalue weighted by Gasteiger charge is -2.30. The summed E-state index contributed by atoms with van der Waals surface area (Å²) in [6.45, 7) is 4.16. The first-order chi connectivity index (χ1) is 10.0. The quantitative estimate of drug-likeness (QED) is 0.655. The number of anilines is 1. The maximum absolute atomic E-state index is 11.6. The van der Waals surface area contributed by atoms with Crippen molar-refractivity contribution in [2.24, 2.45) is 5.92 Å². The zero-order chi connectivity index (χ0) is 15.4. The van der Waals surface area contributed by atoms with Crippen molar-refractivity contribution in [1.82, 2.24) is 5.32 Å². The van der Waals surface area contributed by atoms with Gasteiger partial charge in [0.15, 0.2) is 5.11 Å². The third kappa shape index (κ3) is 4.17. The molecule has 116 valence electrons. The summed E-state index contributed by atoms with van der Waals surface area (Å²) in [5.41, 5.74) is 0.906. The number of rotatable bonds is 3. The first-order valence-electron chi connectivity index (χ1n) is 7.27. The van der Waals surface area contributed by atoms with Crippen LogP contribution in [-0.2, 0) is 4.74 Å². The van der Waals surface area contributed by atoms with Crippen LogP contribution in [0.3, 0.4) is 0 Å². The van der Waals surface area contributed by atoms with E-state index in [0.717, 1.165) is 10.6 Å². The highest BCUT2D eigenvalue weighted by Gasteiger charge is 2.22. The molecule has 0 spiro atoms. The van der Waals surface area contributed by atoms with E-state index in [1.807, 2.05) is 13.0 Å². The number of methoxy groups -OCH3 is 1. The number of ether oxygens (including phenoxy) is 1. The van der Waals surface area contributed by atoms with Crippen LogP contribution in [0.2, 0.25) is 0 Å². The topological polar surface area (TPSA) is 50.4 Å². The van der Waals surface area contributed by atoms with Gasteiger partial charge in [-0.3, -0.25) is 0 Å². The van der Waals surface area contributed by atoms with Gasteiger partial charge in [-0.25, -0.2) is 4.79 Å². The van der Waals surface area contributed by atoms with Crippen LogP contribution >= 0.6 is 23.6 Å². The minimum atomic E-state index is -0.301. The third-order valence-corrected chi connectivity index (χ3v) is 5.31. The Balaban J connectivity index is 1.95. The van der Waals surface area contributed by atoms with Gasteiger partial charge in [-0.1, -0.05) is 19.8 Å².